The van der Waals surface area contributed by atoms with Crippen LogP contribution in [0.1, 0.15) is 27.2 Å². The van der Waals surface area contributed by atoms with Crippen LogP contribution in [0.5, 0.6) is 0 Å². The van der Waals surface area contributed by atoms with Gasteiger partial charge in [0.15, 0.2) is 15.8 Å². The van der Waals surface area contributed by atoms with Gasteiger partial charge in [0.1, 0.15) is 5.60 Å². The molecule has 9 nitrogen and oxygen atoms in total. The zero-order valence-corrected chi connectivity index (χ0v) is 19.9. The van der Waals surface area contributed by atoms with E-state index in [-0.39, 0.29) is 35.5 Å². The summed E-state index contributed by atoms with van der Waals surface area (Å²) in [5.74, 6) is 1.17. The first-order chi connectivity index (χ1) is 12.1. The van der Waals surface area contributed by atoms with Crippen LogP contribution >= 0.6 is 24.0 Å². The molecule has 0 spiro atoms. The summed E-state index contributed by atoms with van der Waals surface area (Å²) in [7, 11) is -1.14. The molecule has 11 heteroatoms. The average molecular weight is 519 g/mol. The van der Waals surface area contributed by atoms with E-state index < -0.39 is 21.5 Å². The van der Waals surface area contributed by atoms with Gasteiger partial charge >= 0.3 is 6.09 Å². The van der Waals surface area contributed by atoms with Gasteiger partial charge < -0.3 is 20.7 Å². The molecule has 0 unspecified atom stereocenters. The van der Waals surface area contributed by atoms with Crippen molar-refractivity contribution >= 4 is 45.9 Å². The third-order valence-electron chi connectivity index (χ3n) is 3.70. The van der Waals surface area contributed by atoms with Gasteiger partial charge in [-0.15, -0.1) is 24.0 Å². The number of alkyl carbamates (subject to hydrolysis) is 1. The van der Waals surface area contributed by atoms with Crippen LogP contribution in [0.25, 0.3) is 0 Å². The molecule has 1 rings (SSSR count). The largest absolute Gasteiger partial charge is 0.444 e. The van der Waals surface area contributed by atoms with Gasteiger partial charge in [0.2, 0.25) is 0 Å². The molecule has 160 valence electrons. The second-order valence-electron chi connectivity index (χ2n) is 7.20. The molecule has 1 heterocycles. The van der Waals surface area contributed by atoms with E-state index in [2.05, 4.69) is 25.8 Å². The number of aliphatic imine (C=N–C) groups is 1. The second kappa shape index (κ2) is 12.6. The monoisotopic (exact) mass is 519 g/mol. The van der Waals surface area contributed by atoms with Crippen molar-refractivity contribution in [3.63, 3.8) is 0 Å². The summed E-state index contributed by atoms with van der Waals surface area (Å²) in [6.07, 6.45) is 0.327. The molecule has 0 radical (unpaired) electrons. The van der Waals surface area contributed by atoms with E-state index in [1.165, 1.54) is 0 Å². The van der Waals surface area contributed by atoms with Crippen molar-refractivity contribution in [1.29, 1.82) is 0 Å². The minimum absolute atomic E-state index is 0. The van der Waals surface area contributed by atoms with Crippen molar-refractivity contribution in [2.45, 2.75) is 32.8 Å². The molecule has 0 aromatic carbocycles. The average Bonchev–Trinajstić information content (AvgIpc) is 2.52. The fourth-order valence-corrected chi connectivity index (χ4v) is 3.60. The van der Waals surface area contributed by atoms with Crippen molar-refractivity contribution in [1.82, 2.24) is 20.9 Å². The number of guanidine groups is 1. The lowest BCUT2D eigenvalue weighted by atomic mass is 10.2. The van der Waals surface area contributed by atoms with E-state index in [9.17, 15) is 13.2 Å². The molecule has 0 aromatic heterocycles. The molecule has 0 bridgehead atoms. The Labute approximate surface area is 180 Å². The number of rotatable bonds is 7. The summed E-state index contributed by atoms with van der Waals surface area (Å²) in [6.45, 7) is 9.30. The van der Waals surface area contributed by atoms with Gasteiger partial charge in [-0.25, -0.2) is 13.2 Å². The Morgan fingerprint density at radius 3 is 2.19 bits per heavy atom. The van der Waals surface area contributed by atoms with Crippen LogP contribution in [0, 0.1) is 0 Å². The Bertz CT molecular complexity index is 564. The summed E-state index contributed by atoms with van der Waals surface area (Å²) < 4.78 is 28.0. The SMILES string of the molecule is CN=C(NCCCNC(=O)OC(C)(C)C)NCCN1CCS(=O)(=O)CC1.I. The standard InChI is InChI=1S/C16H33N5O4S.HI/c1-16(2,3)25-15(22)20-7-5-6-18-14(17-4)19-8-9-21-10-12-26(23,24)13-11-21;/h5-13H2,1-4H3,(H,20,22)(H2,17,18,19);1H. The molecule has 0 atom stereocenters. The number of hydrogen-bond acceptors (Lipinski definition) is 6. The number of nitrogens with one attached hydrogen (secondary N) is 3. The van der Waals surface area contributed by atoms with Crippen LogP contribution in [-0.2, 0) is 14.6 Å². The maximum Gasteiger partial charge on any atom is 0.407 e. The van der Waals surface area contributed by atoms with Gasteiger partial charge in [0.05, 0.1) is 11.5 Å². The van der Waals surface area contributed by atoms with Crippen LogP contribution in [0.4, 0.5) is 4.79 Å². The fraction of sp³-hybridized carbons (Fsp3) is 0.875. The highest BCUT2D eigenvalue weighted by Gasteiger charge is 2.21. The maximum atomic E-state index is 11.5. The lowest BCUT2D eigenvalue weighted by Gasteiger charge is -2.26. The highest BCUT2D eigenvalue weighted by Crippen LogP contribution is 2.06. The highest BCUT2D eigenvalue weighted by molar-refractivity contribution is 14.0. The zero-order chi connectivity index (χ0) is 19.6. The minimum Gasteiger partial charge on any atom is -0.444 e. The normalized spacial score (nSPS) is 17.6. The van der Waals surface area contributed by atoms with E-state index in [1.54, 1.807) is 7.05 Å². The lowest BCUT2D eigenvalue weighted by Crippen LogP contribution is -2.46. The number of halogens is 1. The van der Waals surface area contributed by atoms with Gasteiger partial charge in [-0.3, -0.25) is 9.89 Å². The van der Waals surface area contributed by atoms with E-state index in [4.69, 9.17) is 4.74 Å². The Morgan fingerprint density at radius 1 is 1.07 bits per heavy atom. The first kappa shape index (κ1) is 26.2. The van der Waals surface area contributed by atoms with E-state index in [1.807, 2.05) is 20.8 Å². The lowest BCUT2D eigenvalue weighted by molar-refractivity contribution is 0.0527. The van der Waals surface area contributed by atoms with E-state index in [0.29, 0.717) is 38.7 Å². The summed E-state index contributed by atoms with van der Waals surface area (Å²) >= 11 is 0. The van der Waals surface area contributed by atoms with Crippen molar-refractivity contribution in [3.05, 3.63) is 0 Å². The Hall–Kier alpha value is -0.820. The third-order valence-corrected chi connectivity index (χ3v) is 5.30. The summed E-state index contributed by atoms with van der Waals surface area (Å²) in [5, 5.41) is 9.09. The molecule has 1 aliphatic rings. The minimum atomic E-state index is -2.83. The Kier molecular flexibility index (Phi) is 12.2. The maximum absolute atomic E-state index is 11.5. The van der Waals surface area contributed by atoms with Gasteiger partial charge in [0.25, 0.3) is 0 Å². The van der Waals surface area contributed by atoms with Crippen molar-refractivity contribution < 1.29 is 17.9 Å². The van der Waals surface area contributed by atoms with Gasteiger partial charge in [0, 0.05) is 46.3 Å². The molecule has 1 fully saturated rings. The van der Waals surface area contributed by atoms with Crippen molar-refractivity contribution in [3.8, 4) is 0 Å². The third kappa shape index (κ3) is 13.1. The highest BCUT2D eigenvalue weighted by atomic mass is 127. The summed E-state index contributed by atoms with van der Waals surface area (Å²) in [5.41, 5.74) is -0.493. The summed E-state index contributed by atoms with van der Waals surface area (Å²) in [4.78, 5) is 17.8. The predicted octanol–water partition coefficient (Wildman–Crippen LogP) is 0.415. The zero-order valence-electron chi connectivity index (χ0n) is 16.7. The van der Waals surface area contributed by atoms with Gasteiger partial charge in [-0.1, -0.05) is 0 Å². The first-order valence-electron chi connectivity index (χ1n) is 8.95. The van der Waals surface area contributed by atoms with Gasteiger partial charge in [-0.05, 0) is 27.2 Å². The topological polar surface area (TPSA) is 112 Å². The number of carbonyl (C=O) groups excluding carboxylic acids is 1. The molecular weight excluding hydrogens is 485 g/mol. The number of amides is 1. The number of ether oxygens (including phenoxy) is 1. The molecule has 1 saturated heterocycles. The van der Waals surface area contributed by atoms with Crippen LogP contribution in [0.15, 0.2) is 4.99 Å². The van der Waals surface area contributed by atoms with E-state index >= 15 is 0 Å². The molecule has 1 aliphatic heterocycles. The van der Waals surface area contributed by atoms with Crippen LogP contribution in [-0.4, -0.2) is 88.8 Å². The molecule has 1 amide bonds. The Morgan fingerprint density at radius 2 is 1.63 bits per heavy atom. The number of sulfone groups is 1. The van der Waals surface area contributed by atoms with Crippen LogP contribution in [0.2, 0.25) is 0 Å². The fourth-order valence-electron chi connectivity index (χ4n) is 2.33. The molecule has 0 aromatic rings. The smallest absolute Gasteiger partial charge is 0.407 e. The van der Waals surface area contributed by atoms with Gasteiger partial charge in [-0.2, -0.15) is 0 Å². The van der Waals surface area contributed by atoms with Crippen molar-refractivity contribution in [2.24, 2.45) is 4.99 Å². The Balaban J connectivity index is 0.00000676. The molecule has 3 N–H and O–H groups in total. The quantitative estimate of drug-likeness (QED) is 0.193. The number of hydrogen-bond donors (Lipinski definition) is 3. The van der Waals surface area contributed by atoms with E-state index in [0.717, 1.165) is 13.0 Å². The number of carbonyl (C=O) groups is 1. The molecule has 0 aliphatic carbocycles. The number of nitrogens with zero attached hydrogens (tertiary/aromatic N) is 2. The van der Waals surface area contributed by atoms with Crippen LogP contribution in [0.3, 0.4) is 0 Å². The molecular formula is C16H34IN5O4S. The second-order valence-corrected chi connectivity index (χ2v) is 9.51. The molecule has 27 heavy (non-hydrogen) atoms. The molecule has 0 saturated carbocycles. The van der Waals surface area contributed by atoms with Crippen LogP contribution < -0.4 is 16.0 Å². The van der Waals surface area contributed by atoms with Crippen molar-refractivity contribution in [2.75, 3.05) is 57.8 Å². The first-order valence-corrected chi connectivity index (χ1v) is 10.8. The summed E-state index contributed by atoms with van der Waals surface area (Å²) in [6, 6.07) is 0. The predicted molar refractivity (Wildman–Crippen MR) is 119 cm³/mol.